The van der Waals surface area contributed by atoms with Crippen LogP contribution >= 0.6 is 0 Å². The number of nitrogens with zero attached hydrogens (tertiary/aromatic N) is 4. The van der Waals surface area contributed by atoms with Crippen molar-refractivity contribution in [3.63, 3.8) is 0 Å². The molecule has 0 unspecified atom stereocenters. The molecule has 2 amide bonds. The molecule has 1 saturated heterocycles. The molecule has 5 rings (SSSR count). The highest BCUT2D eigenvalue weighted by Crippen LogP contribution is 2.30. The van der Waals surface area contributed by atoms with Gasteiger partial charge in [-0.3, -0.25) is 14.5 Å². The number of alkyl halides is 3. The number of benzene rings is 2. The number of amides is 2. The molecule has 0 saturated carbocycles. The number of aliphatic carboxylic acids is 1. The van der Waals surface area contributed by atoms with Crippen LogP contribution in [0.25, 0.3) is 0 Å². The molecule has 1 aromatic heterocycles. The molecular weight excluding hydrogens is 581 g/mol. The molecule has 43 heavy (non-hydrogen) atoms. The van der Waals surface area contributed by atoms with Crippen LogP contribution < -0.4 is 5.73 Å². The van der Waals surface area contributed by atoms with Crippen LogP contribution in [0.4, 0.5) is 22.0 Å². The van der Waals surface area contributed by atoms with E-state index in [1.807, 2.05) is 0 Å². The van der Waals surface area contributed by atoms with Crippen molar-refractivity contribution >= 4 is 17.8 Å². The molecule has 3 aromatic rings. The molecule has 3 heterocycles. The highest BCUT2D eigenvalue weighted by Gasteiger charge is 2.38. The first kappa shape index (κ1) is 31.6. The van der Waals surface area contributed by atoms with Gasteiger partial charge in [-0.05, 0) is 35.4 Å². The molecule has 0 bridgehead atoms. The van der Waals surface area contributed by atoms with Crippen molar-refractivity contribution in [2.24, 2.45) is 5.73 Å². The van der Waals surface area contributed by atoms with Gasteiger partial charge >= 0.3 is 12.1 Å². The minimum absolute atomic E-state index is 0.0727. The molecule has 230 valence electrons. The van der Waals surface area contributed by atoms with Crippen LogP contribution in [0.3, 0.4) is 0 Å². The van der Waals surface area contributed by atoms with Gasteiger partial charge in [-0.2, -0.15) is 13.2 Å². The van der Waals surface area contributed by atoms with E-state index < -0.39 is 18.2 Å². The fourth-order valence-corrected chi connectivity index (χ4v) is 4.91. The Hall–Kier alpha value is -4.37. The smallest absolute Gasteiger partial charge is 0.475 e. The van der Waals surface area contributed by atoms with Crippen molar-refractivity contribution in [1.29, 1.82) is 0 Å². The summed E-state index contributed by atoms with van der Waals surface area (Å²) in [7, 11) is 0. The number of hydrogen-bond acceptors (Lipinski definition) is 7. The summed E-state index contributed by atoms with van der Waals surface area (Å²) in [6, 6.07) is 11.4. The Morgan fingerprint density at radius 3 is 1.86 bits per heavy atom. The molecule has 1 atom stereocenters. The predicted octanol–water partition coefficient (Wildman–Crippen LogP) is 3.08. The molecule has 2 aliphatic heterocycles. The lowest BCUT2D eigenvalue weighted by Gasteiger charge is -2.40. The van der Waals surface area contributed by atoms with Gasteiger partial charge in [0, 0.05) is 31.7 Å². The van der Waals surface area contributed by atoms with Gasteiger partial charge in [-0.25, -0.2) is 13.6 Å². The number of carboxylic acid groups (broad SMARTS) is 1. The van der Waals surface area contributed by atoms with E-state index in [0.717, 1.165) is 22.4 Å². The van der Waals surface area contributed by atoms with E-state index in [2.05, 4.69) is 10.1 Å². The van der Waals surface area contributed by atoms with Crippen LogP contribution in [0, 0.1) is 11.6 Å². The lowest BCUT2D eigenvalue weighted by atomic mass is 9.96. The maximum absolute atomic E-state index is 13.5. The van der Waals surface area contributed by atoms with Crippen LogP contribution in [-0.4, -0.2) is 81.1 Å². The standard InChI is InChI=1S/C26H27F2N5O3.C2HF3O2/c27-20-5-1-17(2-6-20)25(18-3-7-21(28)8-4-18)32-11-9-31(10-12-32)24(34)13-22(29)26(35)33-14-19-16-36-30-23(19)15-33;3-2(4,5)1(6)7/h1-8,16,22,25H,9-15,29H2;(H,6,7)/t22-;/m0./s1. The molecule has 1 fully saturated rings. The number of halogens is 5. The van der Waals surface area contributed by atoms with E-state index in [1.165, 1.54) is 30.5 Å². The van der Waals surface area contributed by atoms with Gasteiger partial charge < -0.3 is 25.2 Å². The first-order valence-corrected chi connectivity index (χ1v) is 13.1. The fourth-order valence-electron chi connectivity index (χ4n) is 4.91. The number of nitrogens with two attached hydrogens (primary N) is 1. The molecule has 3 N–H and O–H groups in total. The molecule has 0 aliphatic carbocycles. The quantitative estimate of drug-likeness (QED) is 0.408. The largest absolute Gasteiger partial charge is 0.490 e. The third-order valence-electron chi connectivity index (χ3n) is 7.10. The number of fused-ring (bicyclic) bond motifs is 1. The summed E-state index contributed by atoms with van der Waals surface area (Å²) in [6.07, 6.45) is -3.64. The van der Waals surface area contributed by atoms with Crippen LogP contribution in [0.15, 0.2) is 59.3 Å². The number of carboxylic acids is 1. The normalized spacial score (nSPS) is 16.0. The van der Waals surface area contributed by atoms with E-state index in [1.54, 1.807) is 34.1 Å². The van der Waals surface area contributed by atoms with Crippen molar-refractivity contribution in [2.75, 3.05) is 26.2 Å². The summed E-state index contributed by atoms with van der Waals surface area (Å²) in [5.74, 6) is -3.86. The summed E-state index contributed by atoms with van der Waals surface area (Å²) in [4.78, 5) is 40.1. The van der Waals surface area contributed by atoms with Crippen molar-refractivity contribution in [3.8, 4) is 0 Å². The minimum Gasteiger partial charge on any atom is -0.475 e. The third-order valence-corrected chi connectivity index (χ3v) is 7.10. The molecule has 2 aromatic carbocycles. The maximum Gasteiger partial charge on any atom is 0.490 e. The Labute approximate surface area is 242 Å². The number of piperazine rings is 1. The average Bonchev–Trinajstić information content (AvgIpc) is 3.58. The van der Waals surface area contributed by atoms with E-state index in [9.17, 15) is 31.5 Å². The van der Waals surface area contributed by atoms with Gasteiger partial charge in [0.25, 0.3) is 0 Å². The van der Waals surface area contributed by atoms with E-state index >= 15 is 0 Å². The fraction of sp³-hybridized carbons (Fsp3) is 0.357. The maximum atomic E-state index is 13.5. The number of hydrogen-bond donors (Lipinski definition) is 2. The average molecular weight is 610 g/mol. The van der Waals surface area contributed by atoms with E-state index in [-0.39, 0.29) is 35.9 Å². The third kappa shape index (κ3) is 7.93. The number of aromatic nitrogens is 1. The number of rotatable bonds is 6. The Morgan fingerprint density at radius 2 is 1.40 bits per heavy atom. The zero-order chi connectivity index (χ0) is 31.3. The second-order valence-electron chi connectivity index (χ2n) is 10.0. The Balaban J connectivity index is 0.000000541. The topological polar surface area (TPSA) is 133 Å². The summed E-state index contributed by atoms with van der Waals surface area (Å²) in [6.45, 7) is 2.77. The second-order valence-corrected chi connectivity index (χ2v) is 10.0. The molecule has 15 heteroatoms. The van der Waals surface area contributed by atoms with Crippen LogP contribution in [0.5, 0.6) is 0 Å². The van der Waals surface area contributed by atoms with Crippen molar-refractivity contribution in [2.45, 2.75) is 37.8 Å². The monoisotopic (exact) mass is 609 g/mol. The van der Waals surface area contributed by atoms with Crippen molar-refractivity contribution in [3.05, 3.63) is 88.8 Å². The van der Waals surface area contributed by atoms with Gasteiger partial charge in [-0.1, -0.05) is 29.4 Å². The van der Waals surface area contributed by atoms with Gasteiger partial charge in [0.15, 0.2) is 0 Å². The summed E-state index contributed by atoms with van der Waals surface area (Å²) in [5, 5.41) is 11.0. The van der Waals surface area contributed by atoms with Gasteiger partial charge in [0.1, 0.15) is 23.6 Å². The first-order chi connectivity index (χ1) is 20.3. The van der Waals surface area contributed by atoms with Gasteiger partial charge in [0.2, 0.25) is 11.8 Å². The van der Waals surface area contributed by atoms with Crippen LogP contribution in [0.1, 0.15) is 34.8 Å². The summed E-state index contributed by atoms with van der Waals surface area (Å²) < 4.78 is 63.7. The van der Waals surface area contributed by atoms with Gasteiger partial charge in [0.05, 0.1) is 31.6 Å². The van der Waals surface area contributed by atoms with Crippen LogP contribution in [0.2, 0.25) is 0 Å². The van der Waals surface area contributed by atoms with E-state index in [4.69, 9.17) is 20.2 Å². The Kier molecular flexibility index (Phi) is 9.76. The van der Waals surface area contributed by atoms with Crippen molar-refractivity contribution < 1.29 is 46.0 Å². The number of carbonyl (C=O) groups is 3. The first-order valence-electron chi connectivity index (χ1n) is 13.1. The lowest BCUT2D eigenvalue weighted by Crippen LogP contribution is -2.52. The SMILES string of the molecule is N[C@@H](CC(=O)N1CCN(C(c2ccc(F)cc2)c2ccc(F)cc2)CC1)C(=O)N1Cc2conc2C1.O=C(O)C(F)(F)F. The second kappa shape index (κ2) is 13.3. The molecule has 0 radical (unpaired) electrons. The molecule has 2 aliphatic rings. The minimum atomic E-state index is -5.08. The Morgan fingerprint density at radius 1 is 0.884 bits per heavy atom. The zero-order valence-electron chi connectivity index (χ0n) is 22.6. The summed E-state index contributed by atoms with van der Waals surface area (Å²) >= 11 is 0. The molecule has 0 spiro atoms. The Bertz CT molecular complexity index is 1360. The zero-order valence-corrected chi connectivity index (χ0v) is 22.6. The lowest BCUT2D eigenvalue weighted by molar-refractivity contribution is -0.192. The number of carbonyl (C=O) groups excluding carboxylic acids is 2. The predicted molar refractivity (Wildman–Crippen MR) is 140 cm³/mol. The highest BCUT2D eigenvalue weighted by atomic mass is 19.4. The van der Waals surface area contributed by atoms with Crippen molar-refractivity contribution in [1.82, 2.24) is 19.9 Å². The van der Waals surface area contributed by atoms with Crippen LogP contribution in [-0.2, 0) is 27.5 Å². The van der Waals surface area contributed by atoms with Gasteiger partial charge in [-0.15, -0.1) is 0 Å². The summed E-state index contributed by atoms with van der Waals surface area (Å²) in [5.41, 5.74) is 9.45. The molecular formula is C28H28F5N5O5. The molecule has 10 nitrogen and oxygen atoms in total. The van der Waals surface area contributed by atoms with E-state index in [0.29, 0.717) is 39.3 Å². The highest BCUT2D eigenvalue weighted by molar-refractivity contribution is 5.88.